The zero-order valence-electron chi connectivity index (χ0n) is 15.7. The molecule has 2 aliphatic rings. The quantitative estimate of drug-likeness (QED) is 0.897. The third-order valence-corrected chi connectivity index (χ3v) is 5.57. The number of benzene rings is 1. The number of aromatic nitrogens is 1. The van der Waals surface area contributed by atoms with Crippen LogP contribution in [0.4, 0.5) is 5.82 Å². The average molecular weight is 366 g/mol. The fraction of sp³-hybridized carbons (Fsp3) is 0.429. The fourth-order valence-electron chi connectivity index (χ4n) is 3.96. The molecule has 6 heteroatoms. The molecular weight excluding hydrogens is 340 g/mol. The molecular formula is C21H26N4O2. The van der Waals surface area contributed by atoms with Crippen LogP contribution >= 0.6 is 0 Å². The lowest BCUT2D eigenvalue weighted by atomic mass is 10.1. The van der Waals surface area contributed by atoms with Crippen molar-refractivity contribution in [3.05, 3.63) is 53.7 Å². The summed E-state index contributed by atoms with van der Waals surface area (Å²) in [7, 11) is 0. The van der Waals surface area contributed by atoms with Gasteiger partial charge in [-0.15, -0.1) is 0 Å². The first-order chi connectivity index (χ1) is 13.1. The largest absolute Gasteiger partial charge is 0.506 e. The third kappa shape index (κ3) is 3.90. The van der Waals surface area contributed by atoms with Crippen LogP contribution in [-0.4, -0.2) is 64.6 Å². The Morgan fingerprint density at radius 3 is 2.44 bits per heavy atom. The van der Waals surface area contributed by atoms with Gasteiger partial charge in [0.2, 0.25) is 5.91 Å². The number of amides is 1. The highest BCUT2D eigenvalue weighted by molar-refractivity contribution is 5.84. The van der Waals surface area contributed by atoms with Crippen molar-refractivity contribution in [3.8, 4) is 5.75 Å². The van der Waals surface area contributed by atoms with E-state index in [1.807, 2.05) is 11.0 Å². The van der Waals surface area contributed by atoms with Gasteiger partial charge in [0.05, 0.1) is 12.2 Å². The number of carbonyl (C=O) groups is 1. The predicted molar refractivity (Wildman–Crippen MR) is 105 cm³/mol. The Balaban J connectivity index is 1.33. The molecule has 0 spiro atoms. The van der Waals surface area contributed by atoms with Crippen LogP contribution < -0.4 is 4.90 Å². The third-order valence-electron chi connectivity index (χ3n) is 5.57. The summed E-state index contributed by atoms with van der Waals surface area (Å²) in [6.07, 6.45) is 2.38. The maximum atomic E-state index is 12.9. The molecule has 0 saturated carbocycles. The topological polar surface area (TPSA) is 59.9 Å². The van der Waals surface area contributed by atoms with E-state index in [1.54, 1.807) is 6.07 Å². The lowest BCUT2D eigenvalue weighted by Crippen LogP contribution is -2.52. The summed E-state index contributed by atoms with van der Waals surface area (Å²) >= 11 is 0. The Morgan fingerprint density at radius 1 is 1.04 bits per heavy atom. The van der Waals surface area contributed by atoms with Gasteiger partial charge in [-0.05, 0) is 31.0 Å². The summed E-state index contributed by atoms with van der Waals surface area (Å²) in [6, 6.07) is 11.9. The van der Waals surface area contributed by atoms with Gasteiger partial charge >= 0.3 is 0 Å². The van der Waals surface area contributed by atoms with Gasteiger partial charge in [-0.25, -0.2) is 4.98 Å². The highest BCUT2D eigenvalue weighted by Crippen LogP contribution is 2.23. The molecule has 3 heterocycles. The highest BCUT2D eigenvalue weighted by Gasteiger charge is 2.37. The lowest BCUT2D eigenvalue weighted by molar-refractivity contribution is -0.132. The first-order valence-electron chi connectivity index (χ1n) is 9.58. The van der Waals surface area contributed by atoms with Crippen LogP contribution in [0.1, 0.15) is 17.5 Å². The molecule has 0 aliphatic carbocycles. The Bertz CT molecular complexity index is 783. The number of nitrogens with zero attached hydrogens (tertiary/aromatic N) is 4. The first kappa shape index (κ1) is 17.8. The number of likely N-dealkylation sites (tertiary alicyclic amines) is 1. The van der Waals surface area contributed by atoms with Crippen molar-refractivity contribution < 1.29 is 9.90 Å². The number of hydrogen-bond donors (Lipinski definition) is 1. The van der Waals surface area contributed by atoms with Gasteiger partial charge in [0.25, 0.3) is 0 Å². The van der Waals surface area contributed by atoms with Gasteiger partial charge in [0.1, 0.15) is 11.6 Å². The highest BCUT2D eigenvalue weighted by atomic mass is 16.3. The van der Waals surface area contributed by atoms with Crippen LogP contribution in [0.15, 0.2) is 42.6 Å². The number of rotatable bonds is 4. The molecule has 6 nitrogen and oxygen atoms in total. The van der Waals surface area contributed by atoms with Crippen LogP contribution in [0.3, 0.4) is 0 Å². The van der Waals surface area contributed by atoms with E-state index < -0.39 is 0 Å². The summed E-state index contributed by atoms with van der Waals surface area (Å²) in [5, 5.41) is 9.38. The molecule has 2 saturated heterocycles. The van der Waals surface area contributed by atoms with E-state index in [9.17, 15) is 9.90 Å². The molecule has 0 radical (unpaired) electrons. The Morgan fingerprint density at radius 2 is 1.78 bits per heavy atom. The Hall–Kier alpha value is -2.60. The number of hydrogen-bond acceptors (Lipinski definition) is 5. The number of anilines is 1. The van der Waals surface area contributed by atoms with E-state index in [1.165, 1.54) is 17.3 Å². The smallest absolute Gasteiger partial charge is 0.240 e. The monoisotopic (exact) mass is 366 g/mol. The van der Waals surface area contributed by atoms with E-state index in [4.69, 9.17) is 0 Å². The predicted octanol–water partition coefficient (Wildman–Crippen LogP) is 2.02. The van der Waals surface area contributed by atoms with Crippen molar-refractivity contribution in [2.45, 2.75) is 25.9 Å². The normalized spacial score (nSPS) is 21.1. The summed E-state index contributed by atoms with van der Waals surface area (Å²) in [5.74, 6) is 1.32. The van der Waals surface area contributed by atoms with E-state index >= 15 is 0 Å². The summed E-state index contributed by atoms with van der Waals surface area (Å²) in [6.45, 7) is 7.02. The van der Waals surface area contributed by atoms with Crippen LogP contribution in [-0.2, 0) is 11.3 Å². The second-order valence-corrected chi connectivity index (χ2v) is 7.45. The van der Waals surface area contributed by atoms with Crippen LogP contribution in [0.25, 0.3) is 0 Å². The van der Waals surface area contributed by atoms with Crippen molar-refractivity contribution in [2.75, 3.05) is 37.6 Å². The number of pyridine rings is 1. The molecule has 0 unspecified atom stereocenters. The molecule has 2 aliphatic heterocycles. The summed E-state index contributed by atoms with van der Waals surface area (Å²) in [4.78, 5) is 23.7. The van der Waals surface area contributed by atoms with Gasteiger partial charge < -0.3 is 14.9 Å². The minimum absolute atomic E-state index is 0.00498. The number of carbonyl (C=O) groups excluding carboxylic acids is 1. The molecule has 1 aromatic carbocycles. The molecule has 1 N–H and O–H groups in total. The Labute approximate surface area is 160 Å². The van der Waals surface area contributed by atoms with E-state index in [-0.39, 0.29) is 17.7 Å². The van der Waals surface area contributed by atoms with Crippen molar-refractivity contribution in [1.82, 2.24) is 14.8 Å². The van der Waals surface area contributed by atoms with Crippen LogP contribution in [0.2, 0.25) is 0 Å². The van der Waals surface area contributed by atoms with Crippen molar-refractivity contribution in [3.63, 3.8) is 0 Å². The molecule has 2 aromatic rings. The van der Waals surface area contributed by atoms with Gasteiger partial charge in [0.15, 0.2) is 0 Å². The molecule has 142 valence electrons. The summed E-state index contributed by atoms with van der Waals surface area (Å²) in [5.41, 5.74) is 2.43. The molecule has 2 fully saturated rings. The van der Waals surface area contributed by atoms with E-state index in [2.05, 4.69) is 46.0 Å². The number of aryl methyl sites for hydroxylation is 1. The van der Waals surface area contributed by atoms with Gasteiger partial charge in [-0.1, -0.05) is 29.8 Å². The van der Waals surface area contributed by atoms with E-state index in [0.717, 1.165) is 45.0 Å². The van der Waals surface area contributed by atoms with E-state index in [0.29, 0.717) is 6.54 Å². The van der Waals surface area contributed by atoms with Crippen molar-refractivity contribution >= 4 is 11.7 Å². The minimum Gasteiger partial charge on any atom is -0.506 e. The van der Waals surface area contributed by atoms with Crippen LogP contribution in [0.5, 0.6) is 5.75 Å². The fourth-order valence-corrected chi connectivity index (χ4v) is 3.96. The Kier molecular flexibility index (Phi) is 4.99. The molecule has 1 atom stereocenters. The van der Waals surface area contributed by atoms with Crippen molar-refractivity contribution in [2.24, 2.45) is 0 Å². The molecule has 1 amide bonds. The van der Waals surface area contributed by atoms with Crippen molar-refractivity contribution in [1.29, 1.82) is 0 Å². The standard InChI is InChI=1S/C21H26N4O2/c1-16-2-4-17(5-3-16)15-25-9-8-19(21(25)27)23-10-12-24(13-11-23)20-7-6-18(26)14-22-20/h2-7,14,19,26H,8-13,15H2,1H3/t19-/m1/s1. The zero-order chi connectivity index (χ0) is 18.8. The van der Waals surface area contributed by atoms with Crippen LogP contribution in [0, 0.1) is 6.92 Å². The second kappa shape index (κ2) is 7.56. The van der Waals surface area contributed by atoms with Gasteiger partial charge in [0, 0.05) is 39.3 Å². The summed E-state index contributed by atoms with van der Waals surface area (Å²) < 4.78 is 0. The molecule has 1 aromatic heterocycles. The number of aromatic hydroxyl groups is 1. The maximum Gasteiger partial charge on any atom is 0.240 e. The second-order valence-electron chi connectivity index (χ2n) is 7.45. The molecule has 27 heavy (non-hydrogen) atoms. The first-order valence-corrected chi connectivity index (χ1v) is 9.58. The lowest BCUT2D eigenvalue weighted by Gasteiger charge is -2.37. The molecule has 4 rings (SSSR count). The number of piperazine rings is 1. The zero-order valence-corrected chi connectivity index (χ0v) is 15.7. The van der Waals surface area contributed by atoms with Gasteiger partial charge in [-0.3, -0.25) is 9.69 Å². The maximum absolute atomic E-state index is 12.9. The minimum atomic E-state index is 0.00498. The SMILES string of the molecule is Cc1ccc(CN2CC[C@@H](N3CCN(c4ccc(O)cn4)CC3)C2=O)cc1. The van der Waals surface area contributed by atoms with Gasteiger partial charge in [-0.2, -0.15) is 0 Å². The molecule has 0 bridgehead atoms. The average Bonchev–Trinajstić information content (AvgIpc) is 3.05.